The molecular weight excluding hydrogens is 168 g/mol. The van der Waals surface area contributed by atoms with Crippen molar-refractivity contribution in [3.63, 3.8) is 0 Å². The Morgan fingerprint density at radius 3 is 2.12 bits per heavy atom. The molecule has 0 spiro atoms. The summed E-state index contributed by atoms with van der Waals surface area (Å²) in [7, 11) is 0. The molecule has 0 radical (unpaired) electrons. The summed E-state index contributed by atoms with van der Waals surface area (Å²) in [5.41, 5.74) is 0. The van der Waals surface area contributed by atoms with E-state index < -0.39 is 0 Å². The molecule has 1 nitrogen and oxygen atoms in total. The van der Waals surface area contributed by atoms with E-state index >= 15 is 0 Å². The molecule has 0 saturated carbocycles. The lowest BCUT2D eigenvalue weighted by Gasteiger charge is -2.03. The molecular formula is C4H4Cl3N. The third-order valence-corrected chi connectivity index (χ3v) is 2.29. The smallest absolute Gasteiger partial charge is 0.134 e. The van der Waals surface area contributed by atoms with Crippen LogP contribution in [0.25, 0.3) is 0 Å². The maximum absolute atomic E-state index is 5.58. The number of nitrogens with zero attached hydrogens (tertiary/aromatic N) is 1. The molecule has 8 heavy (non-hydrogen) atoms. The Hall–Kier alpha value is 0.410. The molecule has 0 atom stereocenters. The summed E-state index contributed by atoms with van der Waals surface area (Å²) in [6.07, 6.45) is 0.768. The Morgan fingerprint density at radius 1 is 1.38 bits per heavy atom. The minimum atomic E-state index is 0.466. The SMILES string of the molecule is ClC1=C(Cl)N(Cl)CC1. The molecule has 1 rings (SSSR count). The van der Waals surface area contributed by atoms with E-state index in [0.29, 0.717) is 10.2 Å². The fraction of sp³-hybridized carbons (Fsp3) is 0.500. The Bertz CT molecular complexity index is 131. The zero-order valence-electron chi connectivity index (χ0n) is 4.00. The fourth-order valence-electron chi connectivity index (χ4n) is 0.529. The van der Waals surface area contributed by atoms with E-state index in [4.69, 9.17) is 35.0 Å². The molecule has 0 aromatic carbocycles. The van der Waals surface area contributed by atoms with Crippen molar-refractivity contribution < 1.29 is 0 Å². The third-order valence-electron chi connectivity index (χ3n) is 0.964. The summed E-state index contributed by atoms with van der Waals surface area (Å²) in [5, 5.41) is 1.12. The average Bonchev–Trinajstić information content (AvgIpc) is 1.98. The maximum Gasteiger partial charge on any atom is 0.134 e. The third kappa shape index (κ3) is 1.04. The van der Waals surface area contributed by atoms with Crippen LogP contribution in [0.3, 0.4) is 0 Å². The Morgan fingerprint density at radius 2 is 2.00 bits per heavy atom. The molecule has 1 aliphatic heterocycles. The highest BCUT2D eigenvalue weighted by molar-refractivity contribution is 6.41. The van der Waals surface area contributed by atoms with Crippen molar-refractivity contribution in [2.45, 2.75) is 6.42 Å². The van der Waals surface area contributed by atoms with Gasteiger partial charge in [-0.2, -0.15) is 0 Å². The molecule has 0 amide bonds. The van der Waals surface area contributed by atoms with E-state index in [2.05, 4.69) is 0 Å². The Balaban J connectivity index is 2.71. The van der Waals surface area contributed by atoms with Gasteiger partial charge >= 0.3 is 0 Å². The van der Waals surface area contributed by atoms with Crippen molar-refractivity contribution in [2.24, 2.45) is 0 Å². The first-order chi connectivity index (χ1) is 3.72. The van der Waals surface area contributed by atoms with Crippen molar-refractivity contribution in [1.29, 1.82) is 0 Å². The highest BCUT2D eigenvalue weighted by atomic mass is 35.5. The van der Waals surface area contributed by atoms with Crippen LogP contribution in [-0.4, -0.2) is 11.0 Å². The second-order valence-corrected chi connectivity index (χ2v) is 2.75. The molecule has 0 saturated heterocycles. The lowest BCUT2D eigenvalue weighted by atomic mass is 10.5. The summed E-state index contributed by atoms with van der Waals surface area (Å²) in [5.74, 6) is 0. The van der Waals surface area contributed by atoms with Gasteiger partial charge in [-0.3, -0.25) is 4.42 Å². The predicted molar refractivity (Wildman–Crippen MR) is 35.9 cm³/mol. The van der Waals surface area contributed by atoms with E-state index in [0.717, 1.165) is 13.0 Å². The molecule has 0 bridgehead atoms. The van der Waals surface area contributed by atoms with Crippen LogP contribution < -0.4 is 0 Å². The van der Waals surface area contributed by atoms with Crippen molar-refractivity contribution in [3.8, 4) is 0 Å². The van der Waals surface area contributed by atoms with Gasteiger partial charge < -0.3 is 0 Å². The largest absolute Gasteiger partial charge is 0.273 e. The quantitative estimate of drug-likeness (QED) is 0.401. The lowest BCUT2D eigenvalue weighted by molar-refractivity contribution is 0.639. The van der Waals surface area contributed by atoms with Gasteiger partial charge in [-0.25, -0.2) is 0 Å². The van der Waals surface area contributed by atoms with Gasteiger partial charge in [0, 0.05) is 24.7 Å². The van der Waals surface area contributed by atoms with Gasteiger partial charge in [0.25, 0.3) is 0 Å². The highest BCUT2D eigenvalue weighted by Gasteiger charge is 2.16. The lowest BCUT2D eigenvalue weighted by Crippen LogP contribution is -2.00. The van der Waals surface area contributed by atoms with E-state index in [1.807, 2.05) is 0 Å². The zero-order chi connectivity index (χ0) is 6.15. The van der Waals surface area contributed by atoms with Gasteiger partial charge in [0.15, 0.2) is 0 Å². The van der Waals surface area contributed by atoms with E-state index in [1.54, 1.807) is 0 Å². The van der Waals surface area contributed by atoms with Gasteiger partial charge in [0.1, 0.15) is 5.16 Å². The first-order valence-electron chi connectivity index (χ1n) is 2.19. The van der Waals surface area contributed by atoms with Crippen LogP contribution in [0.1, 0.15) is 6.42 Å². The van der Waals surface area contributed by atoms with E-state index in [-0.39, 0.29) is 0 Å². The summed E-state index contributed by atoms with van der Waals surface area (Å²) >= 11 is 16.7. The topological polar surface area (TPSA) is 3.24 Å². The van der Waals surface area contributed by atoms with E-state index in [1.165, 1.54) is 4.42 Å². The Kier molecular flexibility index (Phi) is 1.91. The molecule has 0 fully saturated rings. The first kappa shape index (κ1) is 6.53. The van der Waals surface area contributed by atoms with Crippen LogP contribution in [0.5, 0.6) is 0 Å². The molecule has 0 aromatic rings. The van der Waals surface area contributed by atoms with Crippen LogP contribution in [0.4, 0.5) is 0 Å². The summed E-state index contributed by atoms with van der Waals surface area (Å²) in [6, 6.07) is 0. The minimum absolute atomic E-state index is 0.466. The van der Waals surface area contributed by atoms with Crippen LogP contribution >= 0.6 is 35.0 Å². The van der Waals surface area contributed by atoms with Crippen LogP contribution in [0.15, 0.2) is 10.2 Å². The molecule has 0 aliphatic carbocycles. The number of hydrogen-bond donors (Lipinski definition) is 0. The summed E-state index contributed by atoms with van der Waals surface area (Å²) < 4.78 is 1.41. The molecule has 0 unspecified atom stereocenters. The van der Waals surface area contributed by atoms with Gasteiger partial charge in [0.05, 0.1) is 5.03 Å². The predicted octanol–water partition coefficient (Wildman–Crippen LogP) is 2.49. The zero-order valence-corrected chi connectivity index (χ0v) is 6.26. The average molecular weight is 172 g/mol. The summed E-state index contributed by atoms with van der Waals surface area (Å²) in [4.78, 5) is 0. The van der Waals surface area contributed by atoms with Gasteiger partial charge in [-0.1, -0.05) is 23.2 Å². The van der Waals surface area contributed by atoms with E-state index in [9.17, 15) is 0 Å². The molecule has 4 heteroatoms. The molecule has 0 N–H and O–H groups in total. The number of rotatable bonds is 0. The van der Waals surface area contributed by atoms with Gasteiger partial charge in [0.2, 0.25) is 0 Å². The fourth-order valence-corrected chi connectivity index (χ4v) is 1.12. The minimum Gasteiger partial charge on any atom is -0.273 e. The van der Waals surface area contributed by atoms with Crippen molar-refractivity contribution in [3.05, 3.63) is 10.2 Å². The van der Waals surface area contributed by atoms with Crippen LogP contribution in [-0.2, 0) is 0 Å². The van der Waals surface area contributed by atoms with Crippen molar-refractivity contribution in [2.75, 3.05) is 6.54 Å². The second kappa shape index (κ2) is 2.34. The van der Waals surface area contributed by atoms with Gasteiger partial charge in [-0.15, -0.1) is 0 Å². The standard InChI is InChI=1S/C4H4Cl3N/c5-3-1-2-8(7)4(3)6/h1-2H2. The molecule has 46 valence electrons. The second-order valence-electron chi connectivity index (χ2n) is 1.53. The van der Waals surface area contributed by atoms with Crippen molar-refractivity contribution >= 4 is 35.0 Å². The number of halogens is 3. The molecule has 1 heterocycles. The van der Waals surface area contributed by atoms with Crippen LogP contribution in [0.2, 0.25) is 0 Å². The normalized spacial score (nSPS) is 20.6. The maximum atomic E-state index is 5.58. The highest BCUT2D eigenvalue weighted by Crippen LogP contribution is 2.29. The monoisotopic (exact) mass is 171 g/mol. The summed E-state index contributed by atoms with van der Waals surface area (Å²) in [6.45, 7) is 0.721. The molecule has 1 aliphatic rings. The van der Waals surface area contributed by atoms with Crippen LogP contribution in [0, 0.1) is 0 Å². The first-order valence-corrected chi connectivity index (χ1v) is 3.28. The van der Waals surface area contributed by atoms with Gasteiger partial charge in [-0.05, 0) is 0 Å². The Labute approximate surface area is 62.9 Å². The number of hydrogen-bond acceptors (Lipinski definition) is 1. The molecule has 0 aromatic heterocycles. The van der Waals surface area contributed by atoms with Crippen molar-refractivity contribution in [1.82, 2.24) is 4.42 Å².